The van der Waals surface area contributed by atoms with Crippen molar-refractivity contribution in [1.82, 2.24) is 9.55 Å². The fourth-order valence-corrected chi connectivity index (χ4v) is 3.45. The first-order valence-corrected chi connectivity index (χ1v) is 9.32. The zero-order valence-electron chi connectivity index (χ0n) is 14.4. The third kappa shape index (κ3) is 4.96. The Bertz CT molecular complexity index is 550. The van der Waals surface area contributed by atoms with Crippen LogP contribution in [0.1, 0.15) is 40.3 Å². The molecule has 1 fully saturated rings. The highest BCUT2D eigenvalue weighted by Crippen LogP contribution is 2.31. The molecule has 7 heteroatoms. The highest BCUT2D eigenvalue weighted by atomic mass is 32.2. The van der Waals surface area contributed by atoms with Gasteiger partial charge in [-0.05, 0) is 33.3 Å². The molecule has 2 atom stereocenters. The standard InChI is InChI=1S/C16H27N3O3S/c1-5-8-18(6-2)13-7-9-19(16(20)17-13)14-11-23-15(22-14)10-21-12(3)4/h7,9,12,14-15H,5-6,8,10-11H2,1-4H3/t14-,15+/m0/s1. The van der Waals surface area contributed by atoms with Gasteiger partial charge in [-0.2, -0.15) is 4.98 Å². The molecule has 6 nitrogen and oxygen atoms in total. The minimum absolute atomic E-state index is 0.0267. The summed E-state index contributed by atoms with van der Waals surface area (Å²) >= 11 is 1.67. The SMILES string of the molecule is CCCN(CC)c1ccn([C@@H]2CS[C@H](COC(C)C)O2)c(=O)n1. The molecule has 2 rings (SSSR count). The molecule has 0 spiro atoms. The maximum Gasteiger partial charge on any atom is 0.351 e. The second kappa shape index (κ2) is 8.70. The quantitative estimate of drug-likeness (QED) is 0.724. The van der Waals surface area contributed by atoms with E-state index in [9.17, 15) is 4.79 Å². The first-order chi connectivity index (χ1) is 11.0. The summed E-state index contributed by atoms with van der Waals surface area (Å²) in [5.41, 5.74) is -0.283. The van der Waals surface area contributed by atoms with E-state index in [2.05, 4.69) is 23.7 Å². The monoisotopic (exact) mass is 341 g/mol. The fraction of sp³-hybridized carbons (Fsp3) is 0.750. The summed E-state index contributed by atoms with van der Waals surface area (Å²) in [5.74, 6) is 1.47. The van der Waals surface area contributed by atoms with Crippen molar-refractivity contribution >= 4 is 17.6 Å². The third-order valence-electron chi connectivity index (χ3n) is 3.62. The van der Waals surface area contributed by atoms with Crippen LogP contribution < -0.4 is 10.6 Å². The van der Waals surface area contributed by atoms with Crippen molar-refractivity contribution in [3.8, 4) is 0 Å². The van der Waals surface area contributed by atoms with Crippen LogP contribution in [0.3, 0.4) is 0 Å². The van der Waals surface area contributed by atoms with Crippen molar-refractivity contribution in [1.29, 1.82) is 0 Å². The fourth-order valence-electron chi connectivity index (χ4n) is 2.45. The number of anilines is 1. The summed E-state index contributed by atoms with van der Waals surface area (Å²) in [6, 6.07) is 1.90. The Hall–Kier alpha value is -1.05. The van der Waals surface area contributed by atoms with E-state index >= 15 is 0 Å². The van der Waals surface area contributed by atoms with Crippen LogP contribution in [0.4, 0.5) is 5.82 Å². The van der Waals surface area contributed by atoms with Crippen molar-refractivity contribution in [2.75, 3.05) is 30.3 Å². The molecule has 0 aromatic carbocycles. The maximum absolute atomic E-state index is 12.3. The Morgan fingerprint density at radius 1 is 1.52 bits per heavy atom. The summed E-state index contributed by atoms with van der Waals surface area (Å²) in [5, 5.41) is 0. The molecule has 0 aliphatic carbocycles. The van der Waals surface area contributed by atoms with Crippen LogP contribution >= 0.6 is 11.8 Å². The molecule has 1 aliphatic rings. The average molecular weight is 341 g/mol. The molecule has 1 aliphatic heterocycles. The van der Waals surface area contributed by atoms with Gasteiger partial charge in [0.15, 0.2) is 0 Å². The summed E-state index contributed by atoms with van der Waals surface area (Å²) in [4.78, 5) is 18.7. The first kappa shape index (κ1) is 18.3. The summed E-state index contributed by atoms with van der Waals surface area (Å²) in [6.07, 6.45) is 2.73. The number of rotatable bonds is 8. The highest BCUT2D eigenvalue weighted by Gasteiger charge is 2.28. The molecule has 0 bridgehead atoms. The lowest BCUT2D eigenvalue weighted by molar-refractivity contribution is -0.0377. The zero-order chi connectivity index (χ0) is 16.8. The van der Waals surface area contributed by atoms with Gasteiger partial charge in [-0.15, -0.1) is 11.8 Å². The molecule has 1 aromatic heterocycles. The third-order valence-corrected chi connectivity index (χ3v) is 4.72. The minimum atomic E-state index is -0.268. The lowest BCUT2D eigenvalue weighted by atomic mass is 10.4. The van der Waals surface area contributed by atoms with Gasteiger partial charge in [-0.3, -0.25) is 4.57 Å². The number of hydrogen-bond donors (Lipinski definition) is 0. The Morgan fingerprint density at radius 3 is 2.91 bits per heavy atom. The van der Waals surface area contributed by atoms with Gasteiger partial charge in [0.25, 0.3) is 0 Å². The molecule has 0 unspecified atom stereocenters. The Balaban J connectivity index is 2.03. The lowest BCUT2D eigenvalue weighted by Gasteiger charge is -2.22. The van der Waals surface area contributed by atoms with E-state index in [1.807, 2.05) is 19.9 Å². The smallest absolute Gasteiger partial charge is 0.351 e. The van der Waals surface area contributed by atoms with E-state index in [1.165, 1.54) is 0 Å². The van der Waals surface area contributed by atoms with Crippen LogP contribution in [-0.4, -0.2) is 46.5 Å². The van der Waals surface area contributed by atoms with E-state index in [4.69, 9.17) is 9.47 Å². The molecule has 0 radical (unpaired) electrons. The van der Waals surface area contributed by atoms with Crippen molar-refractivity contribution in [3.05, 3.63) is 22.7 Å². The summed E-state index contributed by atoms with van der Waals surface area (Å²) in [7, 11) is 0. The van der Waals surface area contributed by atoms with E-state index in [0.29, 0.717) is 6.61 Å². The second-order valence-electron chi connectivity index (χ2n) is 5.79. The average Bonchev–Trinajstić information content (AvgIpc) is 2.99. The van der Waals surface area contributed by atoms with Crippen LogP contribution in [0.15, 0.2) is 17.1 Å². The number of hydrogen-bond acceptors (Lipinski definition) is 6. The Labute approximate surface area is 142 Å². The van der Waals surface area contributed by atoms with Gasteiger partial charge in [-0.25, -0.2) is 4.79 Å². The molecular formula is C16H27N3O3S. The maximum atomic E-state index is 12.3. The zero-order valence-corrected chi connectivity index (χ0v) is 15.2. The number of nitrogens with zero attached hydrogens (tertiary/aromatic N) is 3. The van der Waals surface area contributed by atoms with Crippen molar-refractivity contribution < 1.29 is 9.47 Å². The molecule has 0 N–H and O–H groups in total. The van der Waals surface area contributed by atoms with E-state index < -0.39 is 0 Å². The van der Waals surface area contributed by atoms with Gasteiger partial charge >= 0.3 is 5.69 Å². The number of aromatic nitrogens is 2. The van der Waals surface area contributed by atoms with Crippen LogP contribution in [0.5, 0.6) is 0 Å². The predicted octanol–water partition coefficient (Wildman–Crippen LogP) is 2.49. The van der Waals surface area contributed by atoms with Crippen LogP contribution in [0, 0.1) is 0 Å². The summed E-state index contributed by atoms with van der Waals surface area (Å²) < 4.78 is 13.1. The molecule has 23 heavy (non-hydrogen) atoms. The summed E-state index contributed by atoms with van der Waals surface area (Å²) in [6.45, 7) is 10.5. The van der Waals surface area contributed by atoms with Gasteiger partial charge in [0.2, 0.25) is 0 Å². The van der Waals surface area contributed by atoms with Gasteiger partial charge in [0.1, 0.15) is 17.5 Å². The predicted molar refractivity (Wildman–Crippen MR) is 94.1 cm³/mol. The van der Waals surface area contributed by atoms with E-state index in [-0.39, 0.29) is 23.5 Å². The molecule has 130 valence electrons. The topological polar surface area (TPSA) is 56.6 Å². The molecule has 1 aromatic rings. The van der Waals surface area contributed by atoms with Gasteiger partial charge in [0, 0.05) is 25.0 Å². The Kier molecular flexibility index (Phi) is 6.92. The Morgan fingerprint density at radius 2 is 2.30 bits per heavy atom. The normalized spacial score (nSPS) is 21.1. The molecule has 2 heterocycles. The van der Waals surface area contributed by atoms with Crippen LogP contribution in [0.2, 0.25) is 0 Å². The van der Waals surface area contributed by atoms with Gasteiger partial charge in [-0.1, -0.05) is 6.92 Å². The molecule has 0 amide bonds. The molecule has 0 saturated carbocycles. The number of thioether (sulfide) groups is 1. The van der Waals surface area contributed by atoms with Gasteiger partial charge in [0.05, 0.1) is 12.7 Å². The van der Waals surface area contributed by atoms with Gasteiger partial charge < -0.3 is 14.4 Å². The largest absolute Gasteiger partial charge is 0.375 e. The van der Waals surface area contributed by atoms with E-state index in [0.717, 1.165) is 31.1 Å². The molecular weight excluding hydrogens is 314 g/mol. The van der Waals surface area contributed by atoms with Crippen LogP contribution in [0.25, 0.3) is 0 Å². The van der Waals surface area contributed by atoms with Crippen molar-refractivity contribution in [2.24, 2.45) is 0 Å². The van der Waals surface area contributed by atoms with Crippen molar-refractivity contribution in [2.45, 2.75) is 51.9 Å². The van der Waals surface area contributed by atoms with Crippen LogP contribution in [-0.2, 0) is 9.47 Å². The van der Waals surface area contributed by atoms with Crippen molar-refractivity contribution in [3.63, 3.8) is 0 Å². The molecule has 1 saturated heterocycles. The van der Waals surface area contributed by atoms with E-state index in [1.54, 1.807) is 22.5 Å². The number of ether oxygens (including phenoxy) is 2. The first-order valence-electron chi connectivity index (χ1n) is 8.27. The second-order valence-corrected chi connectivity index (χ2v) is 6.98. The minimum Gasteiger partial charge on any atom is -0.375 e. The highest BCUT2D eigenvalue weighted by molar-refractivity contribution is 8.00. The lowest BCUT2D eigenvalue weighted by Crippen LogP contribution is -2.32.